The Hall–Kier alpha value is -1.23. The van der Waals surface area contributed by atoms with Gasteiger partial charge in [0.05, 0.1) is 12.3 Å². The molecule has 0 radical (unpaired) electrons. The van der Waals surface area contributed by atoms with Crippen LogP contribution in [0.5, 0.6) is 0 Å². The minimum absolute atomic E-state index is 0.655. The molecule has 1 aromatic carbocycles. The predicted molar refractivity (Wildman–Crippen MR) is 79.6 cm³/mol. The van der Waals surface area contributed by atoms with Crippen molar-refractivity contribution in [3.05, 3.63) is 63.9 Å². The number of aromatic nitrogens is 1. The molecule has 1 heterocycles. The van der Waals surface area contributed by atoms with Gasteiger partial charge >= 0.3 is 0 Å². The Bertz CT molecular complexity index is 514. The molecule has 0 aliphatic rings. The third kappa shape index (κ3) is 4.74. The fourth-order valence-corrected chi connectivity index (χ4v) is 2.08. The first-order valence-corrected chi connectivity index (χ1v) is 6.95. The van der Waals surface area contributed by atoms with Gasteiger partial charge in [-0.2, -0.15) is 0 Å². The number of nitrogens with one attached hydrogen (secondary N) is 1. The second kappa shape index (κ2) is 7.38. The normalized spacial score (nSPS) is 10.6. The van der Waals surface area contributed by atoms with Crippen molar-refractivity contribution in [2.24, 2.45) is 0 Å². The minimum Gasteiger partial charge on any atom is -0.380 e. The Kier molecular flexibility index (Phi) is 5.51. The molecule has 2 aromatic rings. The van der Waals surface area contributed by atoms with E-state index in [0.29, 0.717) is 6.61 Å². The molecule has 0 saturated heterocycles. The molecule has 19 heavy (non-hydrogen) atoms. The van der Waals surface area contributed by atoms with Crippen molar-refractivity contribution < 1.29 is 4.74 Å². The lowest BCUT2D eigenvalue weighted by Gasteiger charge is -2.06. The van der Waals surface area contributed by atoms with Crippen LogP contribution in [-0.4, -0.2) is 12.1 Å². The number of hydrogen-bond acceptors (Lipinski definition) is 3. The highest BCUT2D eigenvalue weighted by molar-refractivity contribution is 9.10. The molecule has 1 aromatic heterocycles. The summed E-state index contributed by atoms with van der Waals surface area (Å²) in [6.07, 6.45) is 1.82. The highest BCUT2D eigenvalue weighted by Crippen LogP contribution is 2.08. The molecule has 2 rings (SSSR count). The van der Waals surface area contributed by atoms with Gasteiger partial charge in [0.25, 0.3) is 0 Å². The van der Waals surface area contributed by atoms with Crippen molar-refractivity contribution in [2.45, 2.75) is 19.7 Å². The number of methoxy groups -OCH3 is 1. The number of hydrogen-bond donors (Lipinski definition) is 1. The molecule has 0 amide bonds. The molecule has 100 valence electrons. The highest BCUT2D eigenvalue weighted by atomic mass is 79.9. The van der Waals surface area contributed by atoms with Crippen LogP contribution in [0.2, 0.25) is 0 Å². The summed E-state index contributed by atoms with van der Waals surface area (Å²) in [5.74, 6) is 0. The van der Waals surface area contributed by atoms with E-state index in [0.717, 1.165) is 23.3 Å². The summed E-state index contributed by atoms with van der Waals surface area (Å²) < 4.78 is 6.14. The summed E-state index contributed by atoms with van der Waals surface area (Å²) in [5.41, 5.74) is 3.49. The summed E-state index contributed by atoms with van der Waals surface area (Å²) in [4.78, 5) is 4.33. The Morgan fingerprint density at radius 2 is 2.00 bits per heavy atom. The lowest BCUT2D eigenvalue weighted by molar-refractivity contribution is 0.185. The first-order valence-electron chi connectivity index (χ1n) is 6.16. The van der Waals surface area contributed by atoms with E-state index >= 15 is 0 Å². The monoisotopic (exact) mass is 320 g/mol. The van der Waals surface area contributed by atoms with Gasteiger partial charge in [-0.3, -0.25) is 4.98 Å². The lowest BCUT2D eigenvalue weighted by atomic mass is 10.1. The van der Waals surface area contributed by atoms with Crippen LogP contribution in [0.15, 0.2) is 47.1 Å². The fourth-order valence-electron chi connectivity index (χ4n) is 1.84. The van der Waals surface area contributed by atoms with Gasteiger partial charge in [-0.15, -0.1) is 0 Å². The number of rotatable bonds is 6. The molecule has 0 spiro atoms. The molecule has 0 aliphatic heterocycles. The second-order valence-corrected chi connectivity index (χ2v) is 5.24. The molecule has 0 unspecified atom stereocenters. The SMILES string of the molecule is COCc1cccc(CNCc2ccc(Br)cn2)c1. The van der Waals surface area contributed by atoms with Crippen molar-refractivity contribution in [3.8, 4) is 0 Å². The Labute approximate surface area is 122 Å². The van der Waals surface area contributed by atoms with Crippen LogP contribution < -0.4 is 5.32 Å². The van der Waals surface area contributed by atoms with E-state index in [4.69, 9.17) is 4.74 Å². The Morgan fingerprint density at radius 1 is 1.16 bits per heavy atom. The lowest BCUT2D eigenvalue weighted by Crippen LogP contribution is -2.13. The molecule has 4 heteroatoms. The van der Waals surface area contributed by atoms with Crippen LogP contribution in [0.3, 0.4) is 0 Å². The maximum absolute atomic E-state index is 5.13. The summed E-state index contributed by atoms with van der Waals surface area (Å²) >= 11 is 3.38. The van der Waals surface area contributed by atoms with Gasteiger partial charge in [-0.1, -0.05) is 24.3 Å². The van der Waals surface area contributed by atoms with Crippen LogP contribution in [0.1, 0.15) is 16.8 Å². The first kappa shape index (κ1) is 14.2. The Morgan fingerprint density at radius 3 is 2.74 bits per heavy atom. The van der Waals surface area contributed by atoms with E-state index in [2.05, 4.69) is 50.5 Å². The Balaban J connectivity index is 1.85. The summed E-state index contributed by atoms with van der Waals surface area (Å²) in [6.45, 7) is 2.25. The predicted octanol–water partition coefficient (Wildman–Crippen LogP) is 3.28. The summed E-state index contributed by atoms with van der Waals surface area (Å²) in [5, 5.41) is 3.39. The van der Waals surface area contributed by atoms with E-state index in [1.54, 1.807) is 7.11 Å². The van der Waals surface area contributed by atoms with E-state index in [1.165, 1.54) is 11.1 Å². The third-order valence-electron chi connectivity index (χ3n) is 2.73. The van der Waals surface area contributed by atoms with Gasteiger partial charge in [-0.05, 0) is 39.2 Å². The number of benzene rings is 1. The van der Waals surface area contributed by atoms with Crippen LogP contribution in [0.25, 0.3) is 0 Å². The van der Waals surface area contributed by atoms with Gasteiger partial charge in [0, 0.05) is 30.9 Å². The number of nitrogens with zero attached hydrogens (tertiary/aromatic N) is 1. The van der Waals surface area contributed by atoms with Crippen LogP contribution >= 0.6 is 15.9 Å². The van der Waals surface area contributed by atoms with Crippen molar-refractivity contribution in [2.75, 3.05) is 7.11 Å². The van der Waals surface area contributed by atoms with Crippen molar-refractivity contribution in [1.82, 2.24) is 10.3 Å². The number of ether oxygens (including phenoxy) is 1. The molecule has 0 atom stereocenters. The van der Waals surface area contributed by atoms with E-state index in [-0.39, 0.29) is 0 Å². The van der Waals surface area contributed by atoms with Gasteiger partial charge in [-0.25, -0.2) is 0 Å². The maximum Gasteiger partial charge on any atom is 0.0713 e. The molecule has 0 saturated carbocycles. The van der Waals surface area contributed by atoms with Crippen molar-refractivity contribution in [1.29, 1.82) is 0 Å². The standard InChI is InChI=1S/C15H17BrN2O/c1-19-11-13-4-2-3-12(7-13)8-17-10-15-6-5-14(16)9-18-15/h2-7,9,17H,8,10-11H2,1H3. The first-order chi connectivity index (χ1) is 9.28. The number of pyridine rings is 1. The smallest absolute Gasteiger partial charge is 0.0713 e. The zero-order valence-corrected chi connectivity index (χ0v) is 12.5. The van der Waals surface area contributed by atoms with E-state index in [9.17, 15) is 0 Å². The van der Waals surface area contributed by atoms with Crippen LogP contribution in [0.4, 0.5) is 0 Å². The van der Waals surface area contributed by atoms with Gasteiger partial charge < -0.3 is 10.1 Å². The fraction of sp³-hybridized carbons (Fsp3) is 0.267. The quantitative estimate of drug-likeness (QED) is 0.887. The molecule has 0 aliphatic carbocycles. The molecule has 1 N–H and O–H groups in total. The highest BCUT2D eigenvalue weighted by Gasteiger charge is 1.98. The van der Waals surface area contributed by atoms with E-state index in [1.807, 2.05) is 18.3 Å². The number of halogens is 1. The third-order valence-corrected chi connectivity index (χ3v) is 3.20. The topological polar surface area (TPSA) is 34.1 Å². The average molecular weight is 321 g/mol. The molecule has 3 nitrogen and oxygen atoms in total. The molecular formula is C15H17BrN2O. The van der Waals surface area contributed by atoms with Crippen LogP contribution in [0, 0.1) is 0 Å². The van der Waals surface area contributed by atoms with E-state index < -0.39 is 0 Å². The minimum atomic E-state index is 0.655. The van der Waals surface area contributed by atoms with Gasteiger partial charge in [0.2, 0.25) is 0 Å². The van der Waals surface area contributed by atoms with Crippen molar-refractivity contribution >= 4 is 15.9 Å². The van der Waals surface area contributed by atoms with Gasteiger partial charge in [0.1, 0.15) is 0 Å². The zero-order chi connectivity index (χ0) is 13.5. The summed E-state index contributed by atoms with van der Waals surface area (Å²) in [7, 11) is 1.71. The molecular weight excluding hydrogens is 304 g/mol. The van der Waals surface area contributed by atoms with Gasteiger partial charge in [0.15, 0.2) is 0 Å². The molecule has 0 fully saturated rings. The second-order valence-electron chi connectivity index (χ2n) is 4.32. The van der Waals surface area contributed by atoms with Crippen molar-refractivity contribution in [3.63, 3.8) is 0 Å². The zero-order valence-electron chi connectivity index (χ0n) is 10.9. The maximum atomic E-state index is 5.13. The summed E-state index contributed by atoms with van der Waals surface area (Å²) in [6, 6.07) is 12.4. The largest absolute Gasteiger partial charge is 0.380 e. The molecule has 0 bridgehead atoms. The average Bonchev–Trinajstić information content (AvgIpc) is 2.42. The van der Waals surface area contributed by atoms with Crippen LogP contribution in [-0.2, 0) is 24.4 Å².